The fourth-order valence-corrected chi connectivity index (χ4v) is 3.57. The highest BCUT2D eigenvalue weighted by Crippen LogP contribution is 2.44. The quantitative estimate of drug-likeness (QED) is 0.837. The van der Waals surface area contributed by atoms with Crippen molar-refractivity contribution in [3.05, 3.63) is 23.8 Å². The lowest BCUT2D eigenvalue weighted by molar-refractivity contribution is -0.159. The van der Waals surface area contributed by atoms with Gasteiger partial charge in [-0.15, -0.1) is 0 Å². The summed E-state index contributed by atoms with van der Waals surface area (Å²) in [5, 5.41) is 9.33. The maximum absolute atomic E-state index is 12.3. The molecule has 7 nitrogen and oxygen atoms in total. The van der Waals surface area contributed by atoms with Gasteiger partial charge < -0.3 is 24.1 Å². The third kappa shape index (κ3) is 2.41. The van der Waals surface area contributed by atoms with Gasteiger partial charge in [0.05, 0.1) is 24.0 Å². The van der Waals surface area contributed by atoms with Gasteiger partial charge in [-0.25, -0.2) is 0 Å². The van der Waals surface area contributed by atoms with Crippen LogP contribution in [0.15, 0.2) is 18.2 Å². The number of carbonyl (C=O) groups is 2. The van der Waals surface area contributed by atoms with Crippen LogP contribution in [0, 0.1) is 11.8 Å². The van der Waals surface area contributed by atoms with Gasteiger partial charge in [-0.05, 0) is 30.5 Å². The summed E-state index contributed by atoms with van der Waals surface area (Å²) >= 11 is 0. The third-order valence-corrected chi connectivity index (χ3v) is 4.65. The van der Waals surface area contributed by atoms with Gasteiger partial charge in [0.25, 0.3) is 0 Å². The van der Waals surface area contributed by atoms with Crippen LogP contribution in [-0.4, -0.2) is 36.0 Å². The van der Waals surface area contributed by atoms with Crippen LogP contribution in [0.3, 0.4) is 0 Å². The van der Waals surface area contributed by atoms with E-state index in [9.17, 15) is 14.7 Å². The first-order chi connectivity index (χ1) is 11.1. The van der Waals surface area contributed by atoms with Gasteiger partial charge in [-0.2, -0.15) is 0 Å². The summed E-state index contributed by atoms with van der Waals surface area (Å²) in [6.07, 6.45) is 0.678. The number of fused-ring (bicyclic) bond motifs is 3. The second-order valence-electron chi connectivity index (χ2n) is 5.98. The molecule has 2 fully saturated rings. The van der Waals surface area contributed by atoms with E-state index < -0.39 is 23.8 Å². The molecule has 122 valence electrons. The van der Waals surface area contributed by atoms with Crippen molar-refractivity contribution < 1.29 is 33.6 Å². The smallest absolute Gasteiger partial charge is 0.312 e. The van der Waals surface area contributed by atoms with Crippen molar-refractivity contribution in [2.24, 2.45) is 11.8 Å². The van der Waals surface area contributed by atoms with Crippen LogP contribution in [0.5, 0.6) is 11.5 Å². The molecule has 1 N–H and O–H groups in total. The molecule has 4 atom stereocenters. The van der Waals surface area contributed by atoms with E-state index in [0.29, 0.717) is 24.3 Å². The molecule has 23 heavy (non-hydrogen) atoms. The Hall–Kier alpha value is -2.28. The maximum atomic E-state index is 12.3. The normalized spacial score (nSPS) is 30.4. The summed E-state index contributed by atoms with van der Waals surface area (Å²) < 4.78 is 21.4. The van der Waals surface area contributed by atoms with Crippen LogP contribution in [0.25, 0.3) is 0 Å². The van der Waals surface area contributed by atoms with E-state index in [0.717, 1.165) is 5.56 Å². The Morgan fingerprint density at radius 3 is 2.65 bits per heavy atom. The molecule has 2 bridgehead atoms. The molecular weight excluding hydrogens is 304 g/mol. The van der Waals surface area contributed by atoms with Gasteiger partial charge in [0.1, 0.15) is 6.61 Å². The molecule has 3 heterocycles. The van der Waals surface area contributed by atoms with Crippen LogP contribution in [0.1, 0.15) is 18.4 Å². The number of rotatable bonds is 4. The predicted molar refractivity (Wildman–Crippen MR) is 74.9 cm³/mol. The van der Waals surface area contributed by atoms with E-state index in [1.807, 2.05) is 0 Å². The lowest BCUT2D eigenvalue weighted by Gasteiger charge is -2.23. The van der Waals surface area contributed by atoms with Crippen molar-refractivity contribution in [3.63, 3.8) is 0 Å². The van der Waals surface area contributed by atoms with Gasteiger partial charge in [0.2, 0.25) is 6.79 Å². The lowest BCUT2D eigenvalue weighted by Crippen LogP contribution is -2.39. The maximum Gasteiger partial charge on any atom is 0.312 e. The highest BCUT2D eigenvalue weighted by Gasteiger charge is 2.56. The molecule has 0 aromatic heterocycles. The first-order valence-electron chi connectivity index (χ1n) is 7.57. The second-order valence-corrected chi connectivity index (χ2v) is 5.98. The molecule has 1 aromatic rings. The van der Waals surface area contributed by atoms with Crippen LogP contribution < -0.4 is 9.47 Å². The largest absolute Gasteiger partial charge is 0.481 e. The van der Waals surface area contributed by atoms with Crippen LogP contribution in [-0.2, 0) is 25.7 Å². The van der Waals surface area contributed by atoms with Gasteiger partial charge >= 0.3 is 11.9 Å². The minimum Gasteiger partial charge on any atom is -0.481 e. The summed E-state index contributed by atoms with van der Waals surface area (Å²) in [5.74, 6) is -1.76. The number of carbonyl (C=O) groups excluding carboxylic acids is 1. The highest BCUT2D eigenvalue weighted by atomic mass is 16.7. The first kappa shape index (κ1) is 14.3. The number of carboxylic acids is 1. The lowest BCUT2D eigenvalue weighted by atomic mass is 9.79. The van der Waals surface area contributed by atoms with E-state index in [1.165, 1.54) is 0 Å². The first-order valence-corrected chi connectivity index (χ1v) is 7.57. The van der Waals surface area contributed by atoms with Crippen LogP contribution >= 0.6 is 0 Å². The topological polar surface area (TPSA) is 91.3 Å². The van der Waals surface area contributed by atoms with Crippen molar-refractivity contribution in [2.75, 3.05) is 6.79 Å². The zero-order valence-corrected chi connectivity index (χ0v) is 12.3. The van der Waals surface area contributed by atoms with E-state index in [2.05, 4.69) is 0 Å². The van der Waals surface area contributed by atoms with E-state index in [4.69, 9.17) is 18.9 Å². The van der Waals surface area contributed by atoms with Crippen LogP contribution in [0.4, 0.5) is 0 Å². The summed E-state index contributed by atoms with van der Waals surface area (Å²) in [4.78, 5) is 23.7. The molecule has 0 amide bonds. The van der Waals surface area contributed by atoms with Crippen LogP contribution in [0.2, 0.25) is 0 Å². The zero-order valence-electron chi connectivity index (χ0n) is 12.3. The van der Waals surface area contributed by atoms with E-state index in [1.54, 1.807) is 18.2 Å². The average molecular weight is 320 g/mol. The SMILES string of the molecule is O=C(O)C1C(C(=O)OCc2ccc3c(c2)OCO3)[C@H]2CC[C@@H]1O2. The number of esters is 1. The molecule has 0 aliphatic carbocycles. The van der Waals surface area contributed by atoms with Gasteiger partial charge in [0, 0.05) is 0 Å². The minimum atomic E-state index is -0.998. The standard InChI is InChI=1S/C16H16O7/c17-15(18)13-10-3-4-11(23-10)14(13)16(19)20-6-8-1-2-9-12(5-8)22-7-21-9/h1-2,5,10-11,13-14H,3-4,6-7H2,(H,17,18)/t10-,11+,13?,14?/m0/s1. The molecule has 0 radical (unpaired) electrons. The summed E-state index contributed by atoms with van der Waals surface area (Å²) in [7, 11) is 0. The van der Waals surface area contributed by atoms with Crippen molar-refractivity contribution in [1.29, 1.82) is 0 Å². The Morgan fingerprint density at radius 2 is 1.87 bits per heavy atom. The molecular formula is C16H16O7. The monoisotopic (exact) mass is 320 g/mol. The van der Waals surface area contributed by atoms with Crippen molar-refractivity contribution in [3.8, 4) is 11.5 Å². The summed E-state index contributed by atoms with van der Waals surface area (Å²) in [5.41, 5.74) is 0.763. The molecule has 2 saturated heterocycles. The van der Waals surface area contributed by atoms with E-state index >= 15 is 0 Å². The third-order valence-electron chi connectivity index (χ3n) is 4.65. The Bertz CT molecular complexity index is 656. The van der Waals surface area contributed by atoms with E-state index in [-0.39, 0.29) is 25.6 Å². The molecule has 0 spiro atoms. The molecule has 2 unspecified atom stereocenters. The minimum absolute atomic E-state index is 0.0652. The molecule has 3 aliphatic heterocycles. The van der Waals surface area contributed by atoms with Crippen molar-refractivity contribution >= 4 is 11.9 Å². The average Bonchev–Trinajstić information content (AvgIpc) is 3.25. The Morgan fingerprint density at radius 1 is 1.13 bits per heavy atom. The number of hydrogen-bond acceptors (Lipinski definition) is 6. The zero-order chi connectivity index (χ0) is 16.0. The molecule has 7 heteroatoms. The second kappa shape index (κ2) is 5.42. The predicted octanol–water partition coefficient (Wildman–Crippen LogP) is 1.34. The number of benzene rings is 1. The molecule has 0 saturated carbocycles. The summed E-state index contributed by atoms with van der Waals surface area (Å²) in [6.45, 7) is 0.247. The Balaban J connectivity index is 1.43. The number of aliphatic carboxylic acids is 1. The Kier molecular flexibility index (Phi) is 3.37. The Labute approximate surface area is 132 Å². The molecule has 4 rings (SSSR count). The van der Waals surface area contributed by atoms with Gasteiger partial charge in [-0.3, -0.25) is 9.59 Å². The highest BCUT2D eigenvalue weighted by molar-refractivity contribution is 5.83. The van der Waals surface area contributed by atoms with Gasteiger partial charge in [-0.1, -0.05) is 6.07 Å². The molecule has 1 aromatic carbocycles. The van der Waals surface area contributed by atoms with Crippen molar-refractivity contribution in [2.45, 2.75) is 31.7 Å². The fourth-order valence-electron chi connectivity index (χ4n) is 3.57. The number of carboxylic acid groups (broad SMARTS) is 1. The fraction of sp³-hybridized carbons (Fsp3) is 0.500. The molecule has 3 aliphatic rings. The summed E-state index contributed by atoms with van der Waals surface area (Å²) in [6, 6.07) is 5.29. The van der Waals surface area contributed by atoms with Gasteiger partial charge in [0.15, 0.2) is 11.5 Å². The number of hydrogen-bond donors (Lipinski definition) is 1. The number of ether oxygens (including phenoxy) is 4. The van der Waals surface area contributed by atoms with Crippen molar-refractivity contribution in [1.82, 2.24) is 0 Å².